The van der Waals surface area contributed by atoms with Crippen LogP contribution in [0.5, 0.6) is 0 Å². The largest absolute Gasteiger partial charge is 0.545 e. The van der Waals surface area contributed by atoms with E-state index in [1.807, 2.05) is 0 Å². The molecule has 0 unspecified atom stereocenters. The van der Waals surface area contributed by atoms with Gasteiger partial charge < -0.3 is 9.90 Å². The first-order valence-corrected chi connectivity index (χ1v) is 10.9. The molecule has 0 bridgehead atoms. The number of halogens is 3. The minimum Gasteiger partial charge on any atom is -0.545 e. The minimum absolute atomic E-state index is 0.000294. The van der Waals surface area contributed by atoms with Crippen LogP contribution in [0.4, 0.5) is 13.2 Å². The highest BCUT2D eigenvalue weighted by molar-refractivity contribution is 5.85. The Balaban J connectivity index is 1.77. The first-order chi connectivity index (χ1) is 16.9. The number of fused-ring (bicyclic) bond motifs is 2. The van der Waals surface area contributed by atoms with Crippen molar-refractivity contribution in [3.05, 3.63) is 96.2 Å². The van der Waals surface area contributed by atoms with Gasteiger partial charge in [-0.1, -0.05) is 12.1 Å². The van der Waals surface area contributed by atoms with Crippen LogP contribution in [0, 0.1) is 0 Å². The third-order valence-electron chi connectivity index (χ3n) is 6.73. The molecule has 0 aliphatic heterocycles. The van der Waals surface area contributed by atoms with Crippen LogP contribution < -0.4 is 22.0 Å². The first-order valence-electron chi connectivity index (χ1n) is 10.9. The van der Waals surface area contributed by atoms with Gasteiger partial charge in [0.1, 0.15) is 0 Å². The van der Waals surface area contributed by atoms with Gasteiger partial charge in [-0.25, -0.2) is 9.59 Å². The standard InChI is InChI=1S/C24H19F3N4O5/c1-28-18-8-6-12(10-19(18)29(2)22(28)35)30-11-15(21(33)34)20(32)31(23(30)36)17-9-7-13-14(17)4-3-5-16(13)24(25,26)27/h3-6,8,10-11,17H,7,9H2,1-2H3,(H,33,34)/p-1/t17-/m1/s1. The molecule has 1 atom stereocenters. The topological polar surface area (TPSA) is 111 Å². The van der Waals surface area contributed by atoms with Crippen molar-refractivity contribution in [2.24, 2.45) is 14.1 Å². The molecule has 2 heterocycles. The number of carbonyl (C=O) groups excluding carboxylic acids is 1. The van der Waals surface area contributed by atoms with Crippen LogP contribution in [0.2, 0.25) is 0 Å². The first kappa shape index (κ1) is 23.4. The number of benzene rings is 2. The molecule has 0 N–H and O–H groups in total. The lowest BCUT2D eigenvalue weighted by atomic mass is 10.0. The summed E-state index contributed by atoms with van der Waals surface area (Å²) in [6, 6.07) is 6.94. The smallest absolute Gasteiger partial charge is 0.416 e. The van der Waals surface area contributed by atoms with Crippen molar-refractivity contribution >= 4 is 17.0 Å². The molecule has 2 aromatic carbocycles. The van der Waals surface area contributed by atoms with Gasteiger partial charge in [-0.3, -0.25) is 23.1 Å². The molecule has 9 nitrogen and oxygen atoms in total. The Morgan fingerprint density at radius 2 is 1.69 bits per heavy atom. The summed E-state index contributed by atoms with van der Waals surface area (Å²) in [7, 11) is 3.09. The number of carboxylic acids is 1. The number of hydrogen-bond donors (Lipinski definition) is 0. The molecule has 36 heavy (non-hydrogen) atoms. The predicted molar refractivity (Wildman–Crippen MR) is 120 cm³/mol. The molecular formula is C24H18F3N4O5-. The molecule has 0 radical (unpaired) electrons. The van der Waals surface area contributed by atoms with E-state index in [0.717, 1.165) is 16.8 Å². The third-order valence-corrected chi connectivity index (χ3v) is 6.73. The quantitative estimate of drug-likeness (QED) is 0.419. The van der Waals surface area contributed by atoms with Crippen LogP contribution in [0.3, 0.4) is 0 Å². The molecule has 0 amide bonds. The molecule has 12 heteroatoms. The van der Waals surface area contributed by atoms with Crippen molar-refractivity contribution in [1.29, 1.82) is 0 Å². The van der Waals surface area contributed by atoms with Crippen molar-refractivity contribution in [3.8, 4) is 5.69 Å². The van der Waals surface area contributed by atoms with Crippen molar-refractivity contribution in [1.82, 2.24) is 18.3 Å². The number of aryl methyl sites for hydroxylation is 2. The van der Waals surface area contributed by atoms with Gasteiger partial charge in [0, 0.05) is 20.3 Å². The molecule has 0 fully saturated rings. The summed E-state index contributed by atoms with van der Waals surface area (Å²) in [5.74, 6) is -1.84. The van der Waals surface area contributed by atoms with Gasteiger partial charge in [-0.2, -0.15) is 13.2 Å². The van der Waals surface area contributed by atoms with Gasteiger partial charge in [0.05, 0.1) is 39.9 Å². The number of carboxylic acid groups (broad SMARTS) is 1. The Morgan fingerprint density at radius 1 is 1.00 bits per heavy atom. The number of alkyl halides is 3. The third kappa shape index (κ3) is 3.32. The fourth-order valence-corrected chi connectivity index (χ4v) is 4.98. The molecule has 0 saturated carbocycles. The van der Waals surface area contributed by atoms with E-state index in [9.17, 15) is 37.5 Å². The SMILES string of the molecule is Cn1c(=O)n(C)c2cc(-n3cc(C(=O)[O-])c(=O)n([C@@H]4CCc5c4cccc5C(F)(F)F)c3=O)ccc21. The maximum atomic E-state index is 13.6. The Hall–Kier alpha value is -4.35. The van der Waals surface area contributed by atoms with E-state index in [-0.39, 0.29) is 35.3 Å². The van der Waals surface area contributed by atoms with Crippen LogP contribution in [-0.2, 0) is 26.7 Å². The number of aromatic nitrogens is 4. The van der Waals surface area contributed by atoms with E-state index < -0.39 is 40.6 Å². The average molecular weight is 499 g/mol. The lowest BCUT2D eigenvalue weighted by Crippen LogP contribution is -2.45. The van der Waals surface area contributed by atoms with Gasteiger partial charge in [-0.05, 0) is 48.2 Å². The number of hydrogen-bond acceptors (Lipinski definition) is 5. The number of nitrogens with zero attached hydrogens (tertiary/aromatic N) is 4. The van der Waals surface area contributed by atoms with E-state index >= 15 is 0 Å². The Kier molecular flexibility index (Phi) is 5.09. The summed E-state index contributed by atoms with van der Waals surface area (Å²) < 4.78 is 44.9. The second kappa shape index (κ2) is 7.83. The van der Waals surface area contributed by atoms with Gasteiger partial charge in [0.15, 0.2) is 0 Å². The van der Waals surface area contributed by atoms with Crippen LogP contribution >= 0.6 is 0 Å². The molecule has 5 rings (SSSR count). The fraction of sp³-hybridized carbons (Fsp3) is 0.250. The van der Waals surface area contributed by atoms with Crippen LogP contribution in [0.1, 0.15) is 39.5 Å². The van der Waals surface area contributed by atoms with Crippen LogP contribution in [0.15, 0.2) is 57.0 Å². The zero-order chi connectivity index (χ0) is 26.1. The molecule has 4 aromatic rings. The number of rotatable bonds is 3. The van der Waals surface area contributed by atoms with Gasteiger partial charge in [-0.15, -0.1) is 0 Å². The summed E-state index contributed by atoms with van der Waals surface area (Å²) in [6.07, 6.45) is -3.84. The Morgan fingerprint density at radius 3 is 2.36 bits per heavy atom. The van der Waals surface area contributed by atoms with E-state index in [1.54, 1.807) is 13.1 Å². The molecule has 1 aliphatic carbocycles. The Bertz CT molecular complexity index is 1760. The molecule has 0 saturated heterocycles. The second-order valence-corrected chi connectivity index (χ2v) is 8.66. The molecule has 1 aliphatic rings. The predicted octanol–water partition coefficient (Wildman–Crippen LogP) is 1.11. The summed E-state index contributed by atoms with van der Waals surface area (Å²) >= 11 is 0. The molecular weight excluding hydrogens is 481 g/mol. The average Bonchev–Trinajstić information content (AvgIpc) is 3.33. The summed E-state index contributed by atoms with van der Waals surface area (Å²) in [6.45, 7) is 0. The summed E-state index contributed by atoms with van der Waals surface area (Å²) in [5, 5.41) is 11.8. The maximum Gasteiger partial charge on any atom is 0.416 e. The second-order valence-electron chi connectivity index (χ2n) is 8.66. The number of carbonyl (C=O) groups is 1. The zero-order valence-corrected chi connectivity index (χ0v) is 19.0. The van der Waals surface area contributed by atoms with Crippen molar-refractivity contribution < 1.29 is 23.1 Å². The normalized spacial score (nSPS) is 15.4. The maximum absolute atomic E-state index is 13.6. The minimum atomic E-state index is -4.63. The fourth-order valence-electron chi connectivity index (χ4n) is 4.98. The highest BCUT2D eigenvalue weighted by Crippen LogP contribution is 2.41. The van der Waals surface area contributed by atoms with Crippen LogP contribution in [0.25, 0.3) is 16.7 Å². The Labute approximate surface area is 199 Å². The van der Waals surface area contributed by atoms with E-state index in [2.05, 4.69) is 0 Å². The molecule has 0 spiro atoms. The molecule has 2 aromatic heterocycles. The summed E-state index contributed by atoms with van der Waals surface area (Å²) in [5.41, 5.74) is -2.85. The monoisotopic (exact) mass is 499 g/mol. The van der Waals surface area contributed by atoms with Crippen molar-refractivity contribution in [2.45, 2.75) is 25.1 Å². The lowest BCUT2D eigenvalue weighted by molar-refractivity contribution is -0.255. The molecule has 186 valence electrons. The van der Waals surface area contributed by atoms with Gasteiger partial charge in [0.25, 0.3) is 5.56 Å². The van der Waals surface area contributed by atoms with Crippen molar-refractivity contribution in [3.63, 3.8) is 0 Å². The highest BCUT2D eigenvalue weighted by atomic mass is 19.4. The van der Waals surface area contributed by atoms with E-state index in [0.29, 0.717) is 15.6 Å². The number of imidazole rings is 1. The number of aromatic carboxylic acids is 1. The lowest BCUT2D eigenvalue weighted by Gasteiger charge is -2.19. The van der Waals surface area contributed by atoms with E-state index in [1.165, 1.54) is 40.4 Å². The van der Waals surface area contributed by atoms with E-state index in [4.69, 9.17) is 0 Å². The van der Waals surface area contributed by atoms with Gasteiger partial charge >= 0.3 is 17.6 Å². The van der Waals surface area contributed by atoms with Crippen LogP contribution in [-0.4, -0.2) is 24.2 Å². The van der Waals surface area contributed by atoms with Gasteiger partial charge in [0.2, 0.25) is 0 Å². The zero-order valence-electron chi connectivity index (χ0n) is 19.0. The highest BCUT2D eigenvalue weighted by Gasteiger charge is 2.38. The van der Waals surface area contributed by atoms with Crippen molar-refractivity contribution in [2.75, 3.05) is 0 Å². The summed E-state index contributed by atoms with van der Waals surface area (Å²) in [4.78, 5) is 50.7.